The van der Waals surface area contributed by atoms with Crippen molar-refractivity contribution in [1.29, 1.82) is 0 Å². The molecule has 0 radical (unpaired) electrons. The van der Waals surface area contributed by atoms with E-state index in [1.54, 1.807) is 6.07 Å². The molecular formula is C26H25F3. The van der Waals surface area contributed by atoms with Crippen LogP contribution in [0.5, 0.6) is 0 Å². The van der Waals surface area contributed by atoms with E-state index in [1.165, 1.54) is 42.2 Å². The molecule has 0 N–H and O–H groups in total. The molecule has 150 valence electrons. The van der Waals surface area contributed by atoms with E-state index < -0.39 is 17.5 Å². The molecule has 0 saturated carbocycles. The van der Waals surface area contributed by atoms with Crippen LogP contribution in [0.2, 0.25) is 0 Å². The van der Waals surface area contributed by atoms with Crippen LogP contribution >= 0.6 is 0 Å². The maximum atomic E-state index is 14.8. The summed E-state index contributed by atoms with van der Waals surface area (Å²) < 4.78 is 42.5. The van der Waals surface area contributed by atoms with Crippen molar-refractivity contribution in [2.75, 3.05) is 0 Å². The topological polar surface area (TPSA) is 0 Å². The van der Waals surface area contributed by atoms with Crippen molar-refractivity contribution in [3.63, 3.8) is 0 Å². The molecule has 1 unspecified atom stereocenters. The van der Waals surface area contributed by atoms with Gasteiger partial charge < -0.3 is 0 Å². The van der Waals surface area contributed by atoms with Gasteiger partial charge in [0, 0.05) is 11.1 Å². The van der Waals surface area contributed by atoms with Crippen LogP contribution in [-0.2, 0) is 19.3 Å². The maximum Gasteiger partial charge on any atom is 0.166 e. The van der Waals surface area contributed by atoms with Gasteiger partial charge in [-0.25, -0.2) is 13.2 Å². The zero-order valence-electron chi connectivity index (χ0n) is 16.7. The summed E-state index contributed by atoms with van der Waals surface area (Å²) in [4.78, 5) is 0. The lowest BCUT2D eigenvalue weighted by Gasteiger charge is -2.26. The van der Waals surface area contributed by atoms with Crippen LogP contribution in [0.3, 0.4) is 0 Å². The first-order valence-corrected chi connectivity index (χ1v) is 10.4. The normalized spacial score (nSPS) is 15.9. The third kappa shape index (κ3) is 4.10. The Kier molecular flexibility index (Phi) is 5.75. The Morgan fingerprint density at radius 3 is 2.41 bits per heavy atom. The third-order valence-corrected chi connectivity index (χ3v) is 6.03. The summed E-state index contributed by atoms with van der Waals surface area (Å²) in [5.74, 6) is -2.09. The lowest BCUT2D eigenvalue weighted by atomic mass is 9.79. The average Bonchev–Trinajstić information content (AvgIpc) is 2.74. The van der Waals surface area contributed by atoms with Gasteiger partial charge in [0.1, 0.15) is 5.82 Å². The molecule has 1 aliphatic rings. The number of halogens is 3. The maximum absolute atomic E-state index is 14.8. The fourth-order valence-corrected chi connectivity index (χ4v) is 4.32. The molecule has 0 fully saturated rings. The van der Waals surface area contributed by atoms with Crippen LogP contribution in [0.15, 0.2) is 54.6 Å². The van der Waals surface area contributed by atoms with E-state index in [0.717, 1.165) is 42.9 Å². The number of unbranched alkanes of at least 4 members (excludes halogenated alkanes) is 1. The summed E-state index contributed by atoms with van der Waals surface area (Å²) in [6, 6.07) is 15.9. The lowest BCUT2D eigenvalue weighted by molar-refractivity contribution is 0.510. The number of hydrogen-bond donors (Lipinski definition) is 0. The van der Waals surface area contributed by atoms with Gasteiger partial charge in [0.25, 0.3) is 0 Å². The molecule has 0 amide bonds. The molecular weight excluding hydrogens is 369 g/mol. The smallest absolute Gasteiger partial charge is 0.166 e. The molecule has 0 spiro atoms. The van der Waals surface area contributed by atoms with E-state index >= 15 is 0 Å². The second kappa shape index (κ2) is 8.44. The molecule has 0 aromatic heterocycles. The highest BCUT2D eigenvalue weighted by Crippen LogP contribution is 2.37. The SMILES string of the molecule is CCCCc1ccc(C2CCc3cc(-c4cccc(F)c4F)c(F)cc3C2)cc1. The van der Waals surface area contributed by atoms with Gasteiger partial charge in [0.15, 0.2) is 11.6 Å². The molecule has 3 aromatic carbocycles. The van der Waals surface area contributed by atoms with Crippen LogP contribution in [0.4, 0.5) is 13.2 Å². The van der Waals surface area contributed by atoms with E-state index in [2.05, 4.69) is 31.2 Å². The molecule has 1 atom stereocenters. The first-order chi connectivity index (χ1) is 14.1. The zero-order chi connectivity index (χ0) is 20.4. The van der Waals surface area contributed by atoms with Gasteiger partial charge >= 0.3 is 0 Å². The Labute approximate surface area is 170 Å². The van der Waals surface area contributed by atoms with Crippen molar-refractivity contribution in [2.45, 2.75) is 51.4 Å². The van der Waals surface area contributed by atoms with Crippen molar-refractivity contribution < 1.29 is 13.2 Å². The van der Waals surface area contributed by atoms with E-state index in [-0.39, 0.29) is 11.1 Å². The zero-order valence-corrected chi connectivity index (χ0v) is 16.7. The standard InChI is InChI=1S/C26H25F3/c1-2-3-5-17-8-10-18(11-9-17)19-12-13-20-15-23(25(28)16-21(20)14-19)22-6-4-7-24(27)26(22)29/h4,6-11,15-16,19H,2-3,5,12-14H2,1H3. The Balaban J connectivity index is 1.58. The van der Waals surface area contributed by atoms with E-state index in [0.29, 0.717) is 5.92 Å². The third-order valence-electron chi connectivity index (χ3n) is 6.03. The van der Waals surface area contributed by atoms with Gasteiger partial charge in [-0.15, -0.1) is 0 Å². The number of benzene rings is 3. The number of hydrogen-bond acceptors (Lipinski definition) is 0. The van der Waals surface area contributed by atoms with E-state index in [1.807, 2.05) is 0 Å². The summed E-state index contributed by atoms with van der Waals surface area (Å²) >= 11 is 0. The highest BCUT2D eigenvalue weighted by molar-refractivity contribution is 5.67. The first-order valence-electron chi connectivity index (χ1n) is 10.4. The number of aryl methyl sites for hydroxylation is 2. The Hall–Kier alpha value is -2.55. The van der Waals surface area contributed by atoms with Gasteiger partial charge in [-0.3, -0.25) is 0 Å². The van der Waals surface area contributed by atoms with E-state index in [4.69, 9.17) is 0 Å². The summed E-state index contributed by atoms with van der Waals surface area (Å²) in [5, 5.41) is 0. The minimum atomic E-state index is -0.997. The van der Waals surface area contributed by atoms with Crippen molar-refractivity contribution in [3.8, 4) is 11.1 Å². The van der Waals surface area contributed by atoms with Crippen LogP contribution in [0.1, 0.15) is 54.4 Å². The minimum Gasteiger partial charge on any atom is -0.206 e. The highest BCUT2D eigenvalue weighted by Gasteiger charge is 2.23. The monoisotopic (exact) mass is 394 g/mol. The van der Waals surface area contributed by atoms with Gasteiger partial charge in [0.2, 0.25) is 0 Å². The molecule has 1 aliphatic carbocycles. The molecule has 3 aromatic rings. The Bertz CT molecular complexity index is 1010. The molecule has 0 heterocycles. The Morgan fingerprint density at radius 1 is 0.862 bits per heavy atom. The first kappa shape index (κ1) is 19.8. The van der Waals surface area contributed by atoms with Crippen LogP contribution < -0.4 is 0 Å². The van der Waals surface area contributed by atoms with Gasteiger partial charge in [-0.05, 0) is 78.5 Å². The van der Waals surface area contributed by atoms with Crippen molar-refractivity contribution in [3.05, 3.63) is 94.3 Å². The fourth-order valence-electron chi connectivity index (χ4n) is 4.32. The quantitative estimate of drug-likeness (QED) is 0.423. The number of rotatable bonds is 5. The van der Waals surface area contributed by atoms with Crippen molar-refractivity contribution >= 4 is 0 Å². The second-order valence-corrected chi connectivity index (χ2v) is 7.99. The van der Waals surface area contributed by atoms with Crippen LogP contribution in [0.25, 0.3) is 11.1 Å². The Morgan fingerprint density at radius 2 is 1.66 bits per heavy atom. The fraction of sp³-hybridized carbons (Fsp3) is 0.308. The van der Waals surface area contributed by atoms with Gasteiger partial charge in [0.05, 0.1) is 0 Å². The molecule has 3 heteroatoms. The largest absolute Gasteiger partial charge is 0.206 e. The van der Waals surface area contributed by atoms with Gasteiger partial charge in [-0.1, -0.05) is 49.7 Å². The van der Waals surface area contributed by atoms with Crippen LogP contribution in [0, 0.1) is 17.5 Å². The predicted molar refractivity (Wildman–Crippen MR) is 112 cm³/mol. The molecule has 0 saturated heterocycles. The van der Waals surface area contributed by atoms with E-state index in [9.17, 15) is 13.2 Å². The molecule has 0 bridgehead atoms. The molecule has 29 heavy (non-hydrogen) atoms. The summed E-state index contributed by atoms with van der Waals surface area (Å²) in [6.07, 6.45) is 6.04. The van der Waals surface area contributed by atoms with Crippen molar-refractivity contribution in [1.82, 2.24) is 0 Å². The molecule has 4 rings (SSSR count). The van der Waals surface area contributed by atoms with Crippen molar-refractivity contribution in [2.24, 2.45) is 0 Å². The highest BCUT2D eigenvalue weighted by atomic mass is 19.2. The lowest BCUT2D eigenvalue weighted by Crippen LogP contribution is -2.13. The summed E-state index contributed by atoms with van der Waals surface area (Å²) in [7, 11) is 0. The second-order valence-electron chi connectivity index (χ2n) is 7.99. The molecule has 0 aliphatic heterocycles. The summed E-state index contributed by atoms with van der Waals surface area (Å²) in [6.45, 7) is 2.20. The molecule has 0 nitrogen and oxygen atoms in total. The predicted octanol–water partition coefficient (Wildman–Crippen LogP) is 7.39. The van der Waals surface area contributed by atoms with Crippen LogP contribution in [-0.4, -0.2) is 0 Å². The summed E-state index contributed by atoms with van der Waals surface area (Å²) in [5.41, 5.74) is 4.76. The number of fused-ring (bicyclic) bond motifs is 1. The minimum absolute atomic E-state index is 0.0184. The average molecular weight is 394 g/mol. The van der Waals surface area contributed by atoms with Gasteiger partial charge in [-0.2, -0.15) is 0 Å².